The van der Waals surface area contributed by atoms with E-state index in [1.54, 1.807) is 0 Å². The summed E-state index contributed by atoms with van der Waals surface area (Å²) in [4.78, 5) is 2.51. The molecule has 0 bridgehead atoms. The Morgan fingerprint density at radius 3 is 2.67 bits per heavy atom. The number of hydrogen-bond acceptors (Lipinski definition) is 3. The minimum atomic E-state index is 0.477. The van der Waals surface area contributed by atoms with Gasteiger partial charge in [-0.05, 0) is 31.4 Å². The van der Waals surface area contributed by atoms with E-state index in [2.05, 4.69) is 41.4 Å². The first-order chi connectivity index (χ1) is 8.79. The van der Waals surface area contributed by atoms with Gasteiger partial charge in [0.2, 0.25) is 0 Å². The van der Waals surface area contributed by atoms with Crippen LogP contribution < -0.4 is 5.32 Å². The molecule has 0 spiro atoms. The lowest BCUT2D eigenvalue weighted by Crippen LogP contribution is -2.39. The first-order valence-electron chi connectivity index (χ1n) is 6.84. The lowest BCUT2D eigenvalue weighted by Gasteiger charge is -2.31. The van der Waals surface area contributed by atoms with Crippen LogP contribution in [0.5, 0.6) is 0 Å². The van der Waals surface area contributed by atoms with Gasteiger partial charge in [0, 0.05) is 39.0 Å². The van der Waals surface area contributed by atoms with Crippen molar-refractivity contribution in [1.29, 1.82) is 0 Å². The van der Waals surface area contributed by atoms with Crippen LogP contribution in [0.1, 0.15) is 18.4 Å². The summed E-state index contributed by atoms with van der Waals surface area (Å²) >= 11 is 0. The van der Waals surface area contributed by atoms with Crippen molar-refractivity contribution >= 4 is 5.69 Å². The molecule has 1 aromatic rings. The van der Waals surface area contributed by atoms with Gasteiger partial charge in [-0.3, -0.25) is 0 Å². The number of nitrogens with one attached hydrogen (secondary N) is 1. The summed E-state index contributed by atoms with van der Waals surface area (Å²) in [6, 6.07) is 8.45. The van der Waals surface area contributed by atoms with E-state index >= 15 is 0 Å². The number of benzene rings is 1. The van der Waals surface area contributed by atoms with E-state index in [1.807, 2.05) is 7.11 Å². The molecule has 1 aliphatic rings. The third kappa shape index (κ3) is 3.72. The normalized spacial score (nSPS) is 17.9. The Labute approximate surface area is 110 Å². The highest BCUT2D eigenvalue weighted by Crippen LogP contribution is 2.14. The number of rotatable bonds is 5. The Kier molecular flexibility index (Phi) is 5.02. The van der Waals surface area contributed by atoms with Gasteiger partial charge in [0.05, 0.1) is 6.10 Å². The zero-order chi connectivity index (χ0) is 12.8. The zero-order valence-corrected chi connectivity index (χ0v) is 11.5. The highest BCUT2D eigenvalue weighted by Gasteiger charge is 2.17. The van der Waals surface area contributed by atoms with E-state index in [4.69, 9.17) is 4.74 Å². The molecule has 3 heteroatoms. The number of ether oxygens (including phenoxy) is 1. The molecule has 0 amide bonds. The highest BCUT2D eigenvalue weighted by molar-refractivity contribution is 5.50. The maximum absolute atomic E-state index is 5.39. The van der Waals surface area contributed by atoms with Gasteiger partial charge in [0.15, 0.2) is 0 Å². The monoisotopic (exact) mass is 248 g/mol. The van der Waals surface area contributed by atoms with Crippen LogP contribution in [0.2, 0.25) is 0 Å². The molecule has 0 unspecified atom stereocenters. The molecule has 0 aliphatic carbocycles. The fraction of sp³-hybridized carbons (Fsp3) is 0.600. The van der Waals surface area contributed by atoms with E-state index in [0.717, 1.165) is 26.2 Å². The van der Waals surface area contributed by atoms with Crippen molar-refractivity contribution < 1.29 is 4.74 Å². The zero-order valence-electron chi connectivity index (χ0n) is 11.5. The molecule has 1 aromatic carbocycles. The van der Waals surface area contributed by atoms with E-state index in [-0.39, 0.29) is 0 Å². The second-order valence-electron chi connectivity index (χ2n) is 5.02. The number of methoxy groups -OCH3 is 1. The molecular weight excluding hydrogens is 224 g/mol. The third-order valence-corrected chi connectivity index (χ3v) is 3.76. The maximum Gasteiger partial charge on any atom is 0.0595 e. The Bertz CT molecular complexity index is 359. The molecule has 2 rings (SSSR count). The molecule has 100 valence electrons. The minimum Gasteiger partial charge on any atom is -0.384 e. The van der Waals surface area contributed by atoms with Crippen LogP contribution in [0, 0.1) is 6.92 Å². The van der Waals surface area contributed by atoms with Crippen LogP contribution in [-0.2, 0) is 4.74 Å². The molecule has 0 aromatic heterocycles. The fourth-order valence-corrected chi connectivity index (χ4v) is 2.49. The summed E-state index contributed by atoms with van der Waals surface area (Å²) in [7, 11) is 1.82. The van der Waals surface area contributed by atoms with E-state index in [9.17, 15) is 0 Å². The SMILES string of the molecule is COC1CCN(CCNc2ccccc2C)CC1. The van der Waals surface area contributed by atoms with Crippen LogP contribution in [0.25, 0.3) is 0 Å². The van der Waals surface area contributed by atoms with Gasteiger partial charge in [-0.1, -0.05) is 18.2 Å². The number of aryl methyl sites for hydroxylation is 1. The topological polar surface area (TPSA) is 24.5 Å². The summed E-state index contributed by atoms with van der Waals surface area (Å²) in [6.07, 6.45) is 2.81. The van der Waals surface area contributed by atoms with Gasteiger partial charge in [-0.25, -0.2) is 0 Å². The predicted molar refractivity (Wildman–Crippen MR) is 76.1 cm³/mol. The van der Waals surface area contributed by atoms with Gasteiger partial charge in [0.1, 0.15) is 0 Å². The Hall–Kier alpha value is -1.06. The van der Waals surface area contributed by atoms with Gasteiger partial charge in [-0.2, -0.15) is 0 Å². The molecule has 1 heterocycles. The lowest BCUT2D eigenvalue weighted by molar-refractivity contribution is 0.0423. The second kappa shape index (κ2) is 6.76. The fourth-order valence-electron chi connectivity index (χ4n) is 2.49. The summed E-state index contributed by atoms with van der Waals surface area (Å²) in [5, 5.41) is 3.51. The van der Waals surface area contributed by atoms with Crippen molar-refractivity contribution in [2.24, 2.45) is 0 Å². The molecule has 18 heavy (non-hydrogen) atoms. The number of para-hydroxylation sites is 1. The van der Waals surface area contributed by atoms with Crippen molar-refractivity contribution in [3.8, 4) is 0 Å². The predicted octanol–water partition coefficient (Wildman–Crippen LogP) is 2.52. The minimum absolute atomic E-state index is 0.477. The van der Waals surface area contributed by atoms with Gasteiger partial charge < -0.3 is 15.0 Å². The first kappa shape index (κ1) is 13.4. The van der Waals surface area contributed by atoms with Crippen LogP contribution in [-0.4, -0.2) is 44.3 Å². The summed E-state index contributed by atoms with van der Waals surface area (Å²) in [5.41, 5.74) is 2.57. The maximum atomic E-state index is 5.39. The number of anilines is 1. The highest BCUT2D eigenvalue weighted by atomic mass is 16.5. The largest absolute Gasteiger partial charge is 0.384 e. The van der Waals surface area contributed by atoms with Crippen molar-refractivity contribution in [3.63, 3.8) is 0 Å². The molecule has 0 saturated carbocycles. The van der Waals surface area contributed by atoms with Crippen LogP contribution in [0.3, 0.4) is 0 Å². The smallest absolute Gasteiger partial charge is 0.0595 e. The molecule has 0 atom stereocenters. The third-order valence-electron chi connectivity index (χ3n) is 3.76. The second-order valence-corrected chi connectivity index (χ2v) is 5.02. The van der Waals surface area contributed by atoms with Crippen molar-refractivity contribution in [1.82, 2.24) is 4.90 Å². The van der Waals surface area contributed by atoms with Gasteiger partial charge in [0.25, 0.3) is 0 Å². The quantitative estimate of drug-likeness (QED) is 0.866. The molecule has 1 N–H and O–H groups in total. The van der Waals surface area contributed by atoms with Crippen LogP contribution in [0.15, 0.2) is 24.3 Å². The molecule has 1 saturated heterocycles. The van der Waals surface area contributed by atoms with Gasteiger partial charge >= 0.3 is 0 Å². The number of hydrogen-bond donors (Lipinski definition) is 1. The van der Waals surface area contributed by atoms with Crippen molar-refractivity contribution in [3.05, 3.63) is 29.8 Å². The number of piperidine rings is 1. The summed E-state index contributed by atoms with van der Waals surface area (Å²) in [5.74, 6) is 0. The Morgan fingerprint density at radius 1 is 1.28 bits per heavy atom. The molecule has 1 aliphatic heterocycles. The summed E-state index contributed by atoms with van der Waals surface area (Å²) < 4.78 is 5.39. The Morgan fingerprint density at radius 2 is 2.00 bits per heavy atom. The van der Waals surface area contributed by atoms with Crippen LogP contribution in [0.4, 0.5) is 5.69 Å². The Balaban J connectivity index is 1.69. The summed E-state index contributed by atoms with van der Waals surface area (Å²) in [6.45, 7) is 6.60. The molecule has 1 fully saturated rings. The number of nitrogens with zero attached hydrogens (tertiary/aromatic N) is 1. The van der Waals surface area contributed by atoms with Crippen molar-refractivity contribution in [2.45, 2.75) is 25.9 Å². The molecule has 0 radical (unpaired) electrons. The van der Waals surface area contributed by atoms with Crippen molar-refractivity contribution in [2.75, 3.05) is 38.6 Å². The first-order valence-corrected chi connectivity index (χ1v) is 6.84. The molecule has 3 nitrogen and oxygen atoms in total. The lowest BCUT2D eigenvalue weighted by atomic mass is 10.1. The van der Waals surface area contributed by atoms with Crippen LogP contribution >= 0.6 is 0 Å². The molecular formula is C15H24N2O. The number of likely N-dealkylation sites (tertiary alicyclic amines) is 1. The van der Waals surface area contributed by atoms with E-state index in [1.165, 1.54) is 24.1 Å². The average Bonchev–Trinajstić information content (AvgIpc) is 2.42. The average molecular weight is 248 g/mol. The van der Waals surface area contributed by atoms with E-state index in [0.29, 0.717) is 6.10 Å². The van der Waals surface area contributed by atoms with E-state index < -0.39 is 0 Å². The van der Waals surface area contributed by atoms with Gasteiger partial charge in [-0.15, -0.1) is 0 Å². The standard InChI is InChI=1S/C15H24N2O/c1-13-5-3-4-6-15(13)16-9-12-17-10-7-14(18-2)8-11-17/h3-6,14,16H,7-12H2,1-2H3.